The van der Waals surface area contributed by atoms with Crippen LogP contribution in [0.4, 0.5) is 19.3 Å². The first-order chi connectivity index (χ1) is 14.0. The highest BCUT2D eigenvalue weighted by Crippen LogP contribution is 2.24. The van der Waals surface area contributed by atoms with Crippen molar-refractivity contribution in [2.24, 2.45) is 0 Å². The Morgan fingerprint density at radius 1 is 0.793 bits per heavy atom. The largest absolute Gasteiger partial charge is 0.338 e. The zero-order valence-electron chi connectivity index (χ0n) is 17.8. The Balaban J connectivity index is 1.92. The molecule has 166 valence electrons. The number of amides is 2. The summed E-state index contributed by atoms with van der Waals surface area (Å²) in [5, 5.41) is 5.12. The van der Waals surface area contributed by atoms with Crippen molar-refractivity contribution in [3.63, 3.8) is 0 Å². The van der Waals surface area contributed by atoms with Gasteiger partial charge in [0, 0.05) is 12.6 Å². The quantitative estimate of drug-likeness (QED) is 0.201. The Bertz CT molecular complexity index is 584. The summed E-state index contributed by atoms with van der Waals surface area (Å²) in [5.41, 5.74) is 0.0593. The summed E-state index contributed by atoms with van der Waals surface area (Å²) in [7, 11) is 0. The number of benzene rings is 1. The molecule has 29 heavy (non-hydrogen) atoms. The number of anilines is 1. The summed E-state index contributed by atoms with van der Waals surface area (Å²) in [6.45, 7) is 2.80. The molecule has 0 aromatic heterocycles. The van der Waals surface area contributed by atoms with Crippen molar-refractivity contribution >= 4 is 23.3 Å². The van der Waals surface area contributed by atoms with Crippen molar-refractivity contribution < 1.29 is 13.6 Å². The lowest BCUT2D eigenvalue weighted by Gasteiger charge is -2.09. The van der Waals surface area contributed by atoms with Crippen LogP contribution < -0.4 is 10.6 Å². The van der Waals surface area contributed by atoms with Crippen LogP contribution in [0.5, 0.6) is 0 Å². The predicted octanol–water partition coefficient (Wildman–Crippen LogP) is 8.22. The van der Waals surface area contributed by atoms with Gasteiger partial charge in [-0.3, -0.25) is 0 Å². The van der Waals surface area contributed by atoms with Crippen LogP contribution in [0.3, 0.4) is 0 Å². The van der Waals surface area contributed by atoms with Gasteiger partial charge in [-0.25, -0.2) is 13.6 Å². The molecule has 1 aromatic rings. The van der Waals surface area contributed by atoms with Crippen molar-refractivity contribution in [3.05, 3.63) is 28.8 Å². The van der Waals surface area contributed by atoms with Crippen molar-refractivity contribution in [1.82, 2.24) is 5.32 Å². The lowest BCUT2D eigenvalue weighted by molar-refractivity contribution is 0.252. The minimum absolute atomic E-state index is 0.0319. The summed E-state index contributed by atoms with van der Waals surface area (Å²) < 4.78 is 26.2. The lowest BCUT2D eigenvalue weighted by atomic mass is 10.0. The third-order valence-corrected chi connectivity index (χ3v) is 5.39. The van der Waals surface area contributed by atoms with E-state index in [4.69, 9.17) is 11.6 Å². The highest BCUT2D eigenvalue weighted by atomic mass is 35.5. The molecule has 0 aliphatic carbocycles. The molecule has 0 spiro atoms. The molecule has 0 heterocycles. The Kier molecular flexibility index (Phi) is 14.6. The number of rotatable bonds is 16. The molecule has 0 bridgehead atoms. The summed E-state index contributed by atoms with van der Waals surface area (Å²) in [6.07, 6.45) is 18.0. The van der Waals surface area contributed by atoms with E-state index in [1.165, 1.54) is 77.0 Å². The van der Waals surface area contributed by atoms with Gasteiger partial charge in [0.25, 0.3) is 0 Å². The first-order valence-electron chi connectivity index (χ1n) is 11.2. The van der Waals surface area contributed by atoms with E-state index in [-0.39, 0.29) is 10.7 Å². The SMILES string of the molecule is CCCCCCCCCCCCCCCCNC(=O)Nc1cc(F)c(F)cc1Cl. The van der Waals surface area contributed by atoms with E-state index in [1.807, 2.05) is 0 Å². The molecular weight excluding hydrogens is 394 g/mol. The first kappa shape index (κ1) is 25.7. The van der Waals surface area contributed by atoms with Gasteiger partial charge in [-0.1, -0.05) is 102 Å². The molecule has 1 aromatic carbocycles. The van der Waals surface area contributed by atoms with Crippen molar-refractivity contribution in [2.45, 2.75) is 96.8 Å². The van der Waals surface area contributed by atoms with Crippen molar-refractivity contribution in [3.8, 4) is 0 Å². The maximum Gasteiger partial charge on any atom is 0.319 e. The van der Waals surface area contributed by atoms with E-state index in [0.717, 1.165) is 25.0 Å². The fourth-order valence-corrected chi connectivity index (χ4v) is 3.50. The number of unbranched alkanes of at least 4 members (excludes halogenated alkanes) is 13. The molecular formula is C23H37ClF2N2O. The highest BCUT2D eigenvalue weighted by Gasteiger charge is 2.10. The van der Waals surface area contributed by atoms with Crippen LogP contribution in [0.25, 0.3) is 0 Å². The van der Waals surface area contributed by atoms with Gasteiger partial charge in [-0.2, -0.15) is 0 Å². The topological polar surface area (TPSA) is 41.1 Å². The van der Waals surface area contributed by atoms with Gasteiger partial charge in [0.05, 0.1) is 10.7 Å². The summed E-state index contributed by atoms with van der Waals surface area (Å²) >= 11 is 5.79. The summed E-state index contributed by atoms with van der Waals surface area (Å²) in [5.74, 6) is -2.08. The summed E-state index contributed by atoms with van der Waals surface area (Å²) in [6, 6.07) is 1.26. The smallest absolute Gasteiger partial charge is 0.319 e. The molecule has 0 aliphatic heterocycles. The monoisotopic (exact) mass is 430 g/mol. The molecule has 1 rings (SSSR count). The van der Waals surface area contributed by atoms with Gasteiger partial charge in [-0.05, 0) is 12.5 Å². The van der Waals surface area contributed by atoms with E-state index in [9.17, 15) is 13.6 Å². The van der Waals surface area contributed by atoms with Gasteiger partial charge >= 0.3 is 6.03 Å². The number of carbonyl (C=O) groups is 1. The van der Waals surface area contributed by atoms with E-state index in [2.05, 4.69) is 17.6 Å². The van der Waals surface area contributed by atoms with Crippen molar-refractivity contribution in [2.75, 3.05) is 11.9 Å². The standard InChI is InChI=1S/C23H37ClF2N2O/c1-2-3-4-5-6-7-8-9-10-11-12-13-14-15-16-27-23(29)28-22-18-21(26)20(25)17-19(22)24/h17-18H,2-16H2,1H3,(H2,27,28,29). The van der Waals surface area contributed by atoms with Crippen molar-refractivity contribution in [1.29, 1.82) is 0 Å². The minimum Gasteiger partial charge on any atom is -0.338 e. The van der Waals surface area contributed by atoms with Gasteiger partial charge < -0.3 is 10.6 Å². The number of hydrogen-bond donors (Lipinski definition) is 2. The van der Waals surface area contributed by atoms with Crippen LogP contribution in [0.1, 0.15) is 96.8 Å². The molecule has 0 unspecified atom stereocenters. The Labute approximate surface area is 180 Å². The Hall–Kier alpha value is -1.36. The van der Waals surface area contributed by atoms with Crippen LogP contribution in [0, 0.1) is 11.6 Å². The molecule has 2 N–H and O–H groups in total. The second-order valence-corrected chi connectivity index (χ2v) is 8.13. The minimum atomic E-state index is -1.04. The molecule has 0 radical (unpaired) electrons. The predicted molar refractivity (Wildman–Crippen MR) is 119 cm³/mol. The Morgan fingerprint density at radius 3 is 1.76 bits per heavy atom. The molecule has 3 nitrogen and oxygen atoms in total. The Morgan fingerprint density at radius 2 is 1.24 bits per heavy atom. The van der Waals surface area contributed by atoms with Crippen LogP contribution in [-0.2, 0) is 0 Å². The zero-order chi connectivity index (χ0) is 21.3. The normalized spacial score (nSPS) is 10.9. The average molecular weight is 431 g/mol. The first-order valence-corrected chi connectivity index (χ1v) is 11.6. The maximum atomic E-state index is 13.2. The van der Waals surface area contributed by atoms with E-state index in [1.54, 1.807) is 0 Å². The fraction of sp³-hybridized carbons (Fsp3) is 0.696. The second kappa shape index (κ2) is 16.4. The molecule has 0 saturated carbocycles. The number of hydrogen-bond acceptors (Lipinski definition) is 1. The maximum absolute atomic E-state index is 13.2. The highest BCUT2D eigenvalue weighted by molar-refractivity contribution is 6.33. The van der Waals surface area contributed by atoms with Gasteiger partial charge in [-0.15, -0.1) is 0 Å². The van der Waals surface area contributed by atoms with E-state index < -0.39 is 17.7 Å². The van der Waals surface area contributed by atoms with E-state index in [0.29, 0.717) is 6.54 Å². The molecule has 2 amide bonds. The van der Waals surface area contributed by atoms with Gasteiger partial charge in [0.1, 0.15) is 0 Å². The average Bonchev–Trinajstić information content (AvgIpc) is 2.69. The lowest BCUT2D eigenvalue weighted by Crippen LogP contribution is -2.29. The molecule has 0 aliphatic rings. The number of urea groups is 1. The zero-order valence-corrected chi connectivity index (χ0v) is 18.6. The van der Waals surface area contributed by atoms with Crippen LogP contribution in [-0.4, -0.2) is 12.6 Å². The second-order valence-electron chi connectivity index (χ2n) is 7.72. The van der Waals surface area contributed by atoms with Gasteiger partial charge in [0.2, 0.25) is 0 Å². The summed E-state index contributed by atoms with van der Waals surface area (Å²) in [4.78, 5) is 11.8. The number of halogens is 3. The number of carbonyl (C=O) groups excluding carboxylic acids is 1. The van der Waals surface area contributed by atoms with E-state index >= 15 is 0 Å². The molecule has 6 heteroatoms. The van der Waals surface area contributed by atoms with Crippen LogP contribution in [0.15, 0.2) is 12.1 Å². The van der Waals surface area contributed by atoms with Crippen LogP contribution >= 0.6 is 11.6 Å². The van der Waals surface area contributed by atoms with Crippen LogP contribution in [0.2, 0.25) is 5.02 Å². The molecule has 0 atom stereocenters. The third kappa shape index (κ3) is 12.7. The third-order valence-electron chi connectivity index (χ3n) is 5.07. The number of nitrogens with one attached hydrogen (secondary N) is 2. The molecule has 0 saturated heterocycles. The fourth-order valence-electron chi connectivity index (χ4n) is 3.31. The molecule has 0 fully saturated rings. The van der Waals surface area contributed by atoms with Gasteiger partial charge in [0.15, 0.2) is 11.6 Å².